The van der Waals surface area contributed by atoms with Crippen molar-refractivity contribution in [1.29, 1.82) is 0 Å². The van der Waals surface area contributed by atoms with Gasteiger partial charge in [0.05, 0.1) is 0 Å². The molecule has 76 valence electrons. The van der Waals surface area contributed by atoms with E-state index in [9.17, 15) is 4.79 Å². The van der Waals surface area contributed by atoms with Gasteiger partial charge in [-0.1, -0.05) is 6.42 Å². The van der Waals surface area contributed by atoms with E-state index in [-0.39, 0.29) is 12.6 Å². The molecular weight excluding hydrogens is 170 g/mol. The molecule has 0 amide bonds. The Morgan fingerprint density at radius 2 is 2.00 bits per heavy atom. The van der Waals surface area contributed by atoms with E-state index in [0.29, 0.717) is 6.61 Å². The molecule has 1 saturated heterocycles. The molecule has 0 N–H and O–H groups in total. The van der Waals surface area contributed by atoms with E-state index in [1.54, 1.807) is 5.06 Å². The second-order valence-electron chi connectivity index (χ2n) is 3.09. The first-order valence-corrected chi connectivity index (χ1v) is 4.86. The standard InChI is InChI=1S/C9H17NO3/c1-2-12-8-9(11)13-10-6-4-3-5-7-10/h2-8H2,1H3. The summed E-state index contributed by atoms with van der Waals surface area (Å²) in [5.41, 5.74) is 0. The van der Waals surface area contributed by atoms with Crippen LogP contribution in [-0.4, -0.2) is 37.3 Å². The van der Waals surface area contributed by atoms with Crippen molar-refractivity contribution >= 4 is 5.97 Å². The normalized spacial score (nSPS) is 18.5. The van der Waals surface area contributed by atoms with Crippen LogP contribution in [0.25, 0.3) is 0 Å². The highest BCUT2D eigenvalue weighted by Crippen LogP contribution is 2.08. The zero-order chi connectivity index (χ0) is 9.52. The molecule has 4 nitrogen and oxygen atoms in total. The summed E-state index contributed by atoms with van der Waals surface area (Å²) in [7, 11) is 0. The Bertz CT molecular complexity index is 155. The van der Waals surface area contributed by atoms with Gasteiger partial charge >= 0.3 is 5.97 Å². The second-order valence-corrected chi connectivity index (χ2v) is 3.09. The Labute approximate surface area is 78.8 Å². The SMILES string of the molecule is CCOCC(=O)ON1CCCCC1. The van der Waals surface area contributed by atoms with Crippen molar-refractivity contribution in [3.05, 3.63) is 0 Å². The van der Waals surface area contributed by atoms with Gasteiger partial charge in [-0.2, -0.15) is 0 Å². The predicted molar refractivity (Wildman–Crippen MR) is 48.0 cm³/mol. The monoisotopic (exact) mass is 187 g/mol. The summed E-state index contributed by atoms with van der Waals surface area (Å²) in [4.78, 5) is 16.1. The fraction of sp³-hybridized carbons (Fsp3) is 0.889. The maximum Gasteiger partial charge on any atom is 0.350 e. The highest BCUT2D eigenvalue weighted by molar-refractivity contribution is 5.70. The zero-order valence-electron chi connectivity index (χ0n) is 8.12. The largest absolute Gasteiger partial charge is 0.370 e. The first kappa shape index (κ1) is 10.5. The Balaban J connectivity index is 2.11. The minimum absolute atomic E-state index is 0.0625. The minimum atomic E-state index is -0.288. The van der Waals surface area contributed by atoms with Crippen LogP contribution < -0.4 is 0 Å². The van der Waals surface area contributed by atoms with Gasteiger partial charge in [0, 0.05) is 19.7 Å². The quantitative estimate of drug-likeness (QED) is 0.657. The molecule has 0 radical (unpaired) electrons. The van der Waals surface area contributed by atoms with Crippen molar-refractivity contribution in [1.82, 2.24) is 5.06 Å². The third kappa shape index (κ3) is 4.24. The van der Waals surface area contributed by atoms with Crippen LogP contribution in [0.2, 0.25) is 0 Å². The smallest absolute Gasteiger partial charge is 0.350 e. The predicted octanol–water partition coefficient (Wildman–Crippen LogP) is 0.967. The number of ether oxygens (including phenoxy) is 1. The van der Waals surface area contributed by atoms with Crippen LogP contribution in [0.5, 0.6) is 0 Å². The summed E-state index contributed by atoms with van der Waals surface area (Å²) in [5, 5.41) is 1.73. The van der Waals surface area contributed by atoms with Crippen LogP contribution in [0.3, 0.4) is 0 Å². The van der Waals surface area contributed by atoms with E-state index in [1.807, 2.05) is 6.92 Å². The van der Waals surface area contributed by atoms with Crippen molar-refractivity contribution in [2.75, 3.05) is 26.3 Å². The molecule has 0 aromatic rings. The van der Waals surface area contributed by atoms with Gasteiger partial charge in [-0.05, 0) is 19.8 Å². The molecular formula is C9H17NO3. The summed E-state index contributed by atoms with van der Waals surface area (Å²) in [6, 6.07) is 0. The number of nitrogens with zero attached hydrogens (tertiary/aromatic N) is 1. The Morgan fingerprint density at radius 3 is 2.62 bits per heavy atom. The van der Waals surface area contributed by atoms with Crippen molar-refractivity contribution in [2.24, 2.45) is 0 Å². The molecule has 0 spiro atoms. The summed E-state index contributed by atoms with van der Waals surface area (Å²) in [5.74, 6) is -0.288. The fourth-order valence-electron chi connectivity index (χ4n) is 1.31. The molecule has 13 heavy (non-hydrogen) atoms. The Hall–Kier alpha value is -0.610. The van der Waals surface area contributed by atoms with E-state index < -0.39 is 0 Å². The Kier molecular flexibility index (Phi) is 4.78. The number of hydrogen-bond donors (Lipinski definition) is 0. The van der Waals surface area contributed by atoms with E-state index >= 15 is 0 Å². The molecule has 0 aromatic carbocycles. The van der Waals surface area contributed by atoms with Crippen LogP contribution in [0.15, 0.2) is 0 Å². The number of hydroxylamine groups is 2. The third-order valence-corrected chi connectivity index (χ3v) is 1.97. The molecule has 1 fully saturated rings. The molecule has 0 aliphatic carbocycles. The highest BCUT2D eigenvalue weighted by Gasteiger charge is 2.14. The van der Waals surface area contributed by atoms with Gasteiger partial charge < -0.3 is 9.57 Å². The first-order chi connectivity index (χ1) is 6.33. The number of rotatable bonds is 4. The van der Waals surface area contributed by atoms with Gasteiger partial charge in [0.2, 0.25) is 0 Å². The summed E-state index contributed by atoms with van der Waals surface area (Å²) in [6.07, 6.45) is 3.46. The van der Waals surface area contributed by atoms with Crippen molar-refractivity contribution < 1.29 is 14.4 Å². The van der Waals surface area contributed by atoms with Crippen LogP contribution in [-0.2, 0) is 14.4 Å². The van der Waals surface area contributed by atoms with Crippen molar-refractivity contribution in [3.8, 4) is 0 Å². The van der Waals surface area contributed by atoms with Crippen LogP contribution in [0.1, 0.15) is 26.2 Å². The number of carbonyl (C=O) groups excluding carboxylic acids is 1. The molecule has 1 aliphatic rings. The van der Waals surface area contributed by atoms with Gasteiger partial charge in [-0.3, -0.25) is 0 Å². The van der Waals surface area contributed by atoms with Gasteiger partial charge in [0.1, 0.15) is 6.61 Å². The lowest BCUT2D eigenvalue weighted by Gasteiger charge is -2.24. The van der Waals surface area contributed by atoms with Crippen molar-refractivity contribution in [2.45, 2.75) is 26.2 Å². The zero-order valence-corrected chi connectivity index (χ0v) is 8.12. The van der Waals surface area contributed by atoms with E-state index in [4.69, 9.17) is 9.57 Å². The average Bonchev–Trinajstić information content (AvgIpc) is 2.16. The minimum Gasteiger partial charge on any atom is -0.370 e. The van der Waals surface area contributed by atoms with Crippen LogP contribution >= 0.6 is 0 Å². The molecule has 0 bridgehead atoms. The average molecular weight is 187 g/mol. The van der Waals surface area contributed by atoms with E-state index in [0.717, 1.165) is 25.9 Å². The van der Waals surface area contributed by atoms with Gasteiger partial charge in [0.15, 0.2) is 0 Å². The highest BCUT2D eigenvalue weighted by atomic mass is 16.7. The molecule has 4 heteroatoms. The van der Waals surface area contributed by atoms with Crippen LogP contribution in [0.4, 0.5) is 0 Å². The molecule has 0 aromatic heterocycles. The number of hydrogen-bond acceptors (Lipinski definition) is 4. The number of piperidine rings is 1. The van der Waals surface area contributed by atoms with Gasteiger partial charge in [0.25, 0.3) is 0 Å². The molecule has 1 heterocycles. The lowest BCUT2D eigenvalue weighted by atomic mass is 10.2. The molecule has 0 unspecified atom stereocenters. The molecule has 0 atom stereocenters. The van der Waals surface area contributed by atoms with Gasteiger partial charge in [-0.25, -0.2) is 4.79 Å². The lowest BCUT2D eigenvalue weighted by Crippen LogP contribution is -2.33. The second kappa shape index (κ2) is 5.94. The first-order valence-electron chi connectivity index (χ1n) is 4.86. The fourth-order valence-corrected chi connectivity index (χ4v) is 1.31. The summed E-state index contributed by atoms with van der Waals surface area (Å²) < 4.78 is 4.94. The summed E-state index contributed by atoms with van der Waals surface area (Å²) >= 11 is 0. The van der Waals surface area contributed by atoms with Gasteiger partial charge in [-0.15, -0.1) is 5.06 Å². The molecule has 0 saturated carbocycles. The Morgan fingerprint density at radius 1 is 1.31 bits per heavy atom. The van der Waals surface area contributed by atoms with Crippen molar-refractivity contribution in [3.63, 3.8) is 0 Å². The van der Waals surface area contributed by atoms with E-state index in [1.165, 1.54) is 6.42 Å². The topological polar surface area (TPSA) is 38.8 Å². The lowest BCUT2D eigenvalue weighted by molar-refractivity contribution is -0.198. The molecule has 1 aliphatic heterocycles. The number of carbonyl (C=O) groups is 1. The van der Waals surface area contributed by atoms with E-state index in [2.05, 4.69) is 0 Å². The maximum atomic E-state index is 11.1. The summed E-state index contributed by atoms with van der Waals surface area (Å²) in [6.45, 7) is 4.19. The van der Waals surface area contributed by atoms with Crippen LogP contribution in [0, 0.1) is 0 Å². The maximum absolute atomic E-state index is 11.1. The molecule has 1 rings (SSSR count). The third-order valence-electron chi connectivity index (χ3n) is 1.97.